The summed E-state index contributed by atoms with van der Waals surface area (Å²) in [7, 11) is 1.34. The Labute approximate surface area is 292 Å². The first-order chi connectivity index (χ1) is 19.4. The molecule has 0 aromatic carbocycles. The Bertz CT molecular complexity index is 1090. The van der Waals surface area contributed by atoms with Gasteiger partial charge < -0.3 is 18.9 Å². The average molecular weight is 693 g/mol. The zero-order chi connectivity index (χ0) is 36.8. The van der Waals surface area contributed by atoms with Crippen molar-refractivity contribution in [2.45, 2.75) is 169 Å². The fourth-order valence-corrected chi connectivity index (χ4v) is 4.93. The van der Waals surface area contributed by atoms with E-state index < -0.39 is 45.2 Å². The quantitative estimate of drug-likeness (QED) is 0.148. The molecule has 2 rings (SSSR count). The normalized spacial score (nSPS) is 21.1. The predicted octanol–water partition coefficient (Wildman–Crippen LogP) is 8.72. The molecular formula is C37H68CrO8+3. The van der Waals surface area contributed by atoms with Gasteiger partial charge in [0.25, 0.3) is 0 Å². The largest absolute Gasteiger partial charge is 3.00 e. The Hall–Kier alpha value is -1.43. The van der Waals surface area contributed by atoms with Gasteiger partial charge in [-0.2, -0.15) is 0 Å². The van der Waals surface area contributed by atoms with Gasteiger partial charge in [0.2, 0.25) is 0 Å². The second kappa shape index (κ2) is 13.8. The first-order valence-electron chi connectivity index (χ1n) is 16.2. The standard InChI is InChI=1S/C20H38O4.C9H18O.C8H12O3.Cr/c1-13-16(2,3)19(8,9)20(10,11)24-15(22)18(6,7)17(4,5)14(21)23-12;1-7(2)8(3,4)10-9(7,5)6;1-7(2)5(9)11-6(10)8(7,3)4;/h13H2,1-12H3;1-6H3;1-4H3;/q;;;+3. The van der Waals surface area contributed by atoms with Crippen LogP contribution in [0.5, 0.6) is 0 Å². The van der Waals surface area contributed by atoms with Crippen LogP contribution in [0.2, 0.25) is 0 Å². The van der Waals surface area contributed by atoms with Crippen LogP contribution in [0.25, 0.3) is 0 Å². The van der Waals surface area contributed by atoms with E-state index in [2.05, 4.69) is 80.9 Å². The molecule has 0 bridgehead atoms. The van der Waals surface area contributed by atoms with Crippen molar-refractivity contribution >= 4 is 23.9 Å². The van der Waals surface area contributed by atoms with Crippen LogP contribution < -0.4 is 0 Å². The van der Waals surface area contributed by atoms with Gasteiger partial charge >= 0.3 is 41.2 Å². The van der Waals surface area contributed by atoms with E-state index in [1.54, 1.807) is 55.4 Å². The van der Waals surface area contributed by atoms with Crippen LogP contribution in [-0.2, 0) is 55.5 Å². The van der Waals surface area contributed by atoms with E-state index in [4.69, 9.17) is 14.2 Å². The molecule has 2 aliphatic heterocycles. The molecule has 46 heavy (non-hydrogen) atoms. The van der Waals surface area contributed by atoms with Gasteiger partial charge in [0.15, 0.2) is 0 Å². The van der Waals surface area contributed by atoms with Gasteiger partial charge in [0.1, 0.15) is 5.60 Å². The van der Waals surface area contributed by atoms with E-state index in [0.717, 1.165) is 6.42 Å². The van der Waals surface area contributed by atoms with Crippen molar-refractivity contribution < 1.29 is 55.5 Å². The molecule has 1 radical (unpaired) electrons. The Morgan fingerprint density at radius 2 is 0.978 bits per heavy atom. The summed E-state index contributed by atoms with van der Waals surface area (Å²) in [6, 6.07) is 0. The first kappa shape index (κ1) is 46.7. The fraction of sp³-hybridized carbons (Fsp3) is 0.892. The minimum Gasteiger partial charge on any atom is -0.469 e. The summed E-state index contributed by atoms with van der Waals surface area (Å²) in [4.78, 5) is 47.3. The second-order valence-corrected chi connectivity index (χ2v) is 18.2. The minimum absolute atomic E-state index is 0. The molecular weight excluding hydrogens is 624 g/mol. The molecule has 0 aromatic rings. The van der Waals surface area contributed by atoms with Gasteiger partial charge in [-0.15, -0.1) is 0 Å². The minimum atomic E-state index is -1.01. The zero-order valence-electron chi connectivity index (χ0n) is 33.4. The third kappa shape index (κ3) is 7.89. The van der Waals surface area contributed by atoms with E-state index in [1.807, 2.05) is 13.8 Å². The summed E-state index contributed by atoms with van der Waals surface area (Å²) in [6.07, 6.45) is 0.970. The molecule has 2 saturated heterocycles. The number of methoxy groups -OCH3 is 1. The van der Waals surface area contributed by atoms with E-state index in [1.165, 1.54) is 7.11 Å². The molecule has 9 heteroatoms. The summed E-state index contributed by atoms with van der Waals surface area (Å²) in [5, 5.41) is 0. The molecule has 0 N–H and O–H groups in total. The summed E-state index contributed by atoms with van der Waals surface area (Å²) < 4.78 is 21.1. The molecule has 0 aromatic heterocycles. The van der Waals surface area contributed by atoms with Crippen LogP contribution in [0.15, 0.2) is 0 Å². The number of hydrogen-bond donors (Lipinski definition) is 0. The van der Waals surface area contributed by atoms with E-state index >= 15 is 0 Å². The Balaban J connectivity index is 0. The maximum Gasteiger partial charge on any atom is 3.00 e. The molecule has 0 amide bonds. The molecule has 2 aliphatic rings. The number of carbonyl (C=O) groups is 4. The Kier molecular flexibility index (Phi) is 14.0. The van der Waals surface area contributed by atoms with Crippen molar-refractivity contribution in [2.75, 3.05) is 7.11 Å². The van der Waals surface area contributed by atoms with Crippen LogP contribution in [0.1, 0.15) is 152 Å². The van der Waals surface area contributed by atoms with E-state index in [-0.39, 0.29) is 45.4 Å². The van der Waals surface area contributed by atoms with Crippen LogP contribution in [0.3, 0.4) is 0 Å². The van der Waals surface area contributed by atoms with Crippen LogP contribution >= 0.6 is 0 Å². The summed E-state index contributed by atoms with van der Waals surface area (Å²) >= 11 is 0. The summed E-state index contributed by atoms with van der Waals surface area (Å²) in [5.41, 5.74) is -3.94. The number of rotatable bonds is 7. The van der Waals surface area contributed by atoms with Crippen molar-refractivity contribution in [1.29, 1.82) is 0 Å². The fourth-order valence-electron chi connectivity index (χ4n) is 4.93. The SMILES string of the molecule is CC1(C)C(=O)OC(=O)C1(C)C.CC1(C)OC(C)(C)C1(C)C.CCC(C)(C)C(C)(C)C(C)(C)OC(=O)C(C)(C)C(C)(C)C(=O)OC.[Cr+3]. The van der Waals surface area contributed by atoms with Crippen molar-refractivity contribution in [2.24, 2.45) is 37.9 Å². The topological polar surface area (TPSA) is 105 Å². The average Bonchev–Trinajstić information content (AvgIpc) is 3.00. The molecule has 2 heterocycles. The second-order valence-electron chi connectivity index (χ2n) is 18.2. The van der Waals surface area contributed by atoms with E-state index in [0.29, 0.717) is 5.41 Å². The third-order valence-corrected chi connectivity index (χ3v) is 13.5. The smallest absolute Gasteiger partial charge is 0.469 e. The Morgan fingerprint density at radius 1 is 0.652 bits per heavy atom. The van der Waals surface area contributed by atoms with Gasteiger partial charge in [0, 0.05) is 10.8 Å². The number of cyclic esters (lactones) is 2. The van der Waals surface area contributed by atoms with Gasteiger partial charge in [-0.1, -0.05) is 54.9 Å². The van der Waals surface area contributed by atoms with Crippen LogP contribution in [-0.4, -0.2) is 47.8 Å². The first-order valence-corrected chi connectivity index (χ1v) is 16.2. The van der Waals surface area contributed by atoms with Gasteiger partial charge in [-0.3, -0.25) is 19.2 Å². The van der Waals surface area contributed by atoms with Crippen molar-refractivity contribution in [3.8, 4) is 0 Å². The molecule has 0 aliphatic carbocycles. The predicted molar refractivity (Wildman–Crippen MR) is 179 cm³/mol. The van der Waals surface area contributed by atoms with Crippen molar-refractivity contribution in [1.82, 2.24) is 0 Å². The molecule has 2 fully saturated rings. The van der Waals surface area contributed by atoms with Gasteiger partial charge in [-0.25, -0.2) is 0 Å². The van der Waals surface area contributed by atoms with Crippen LogP contribution in [0, 0.1) is 37.9 Å². The zero-order valence-corrected chi connectivity index (χ0v) is 34.7. The maximum atomic E-state index is 13.0. The number of hydrogen-bond acceptors (Lipinski definition) is 8. The molecule has 267 valence electrons. The molecule has 8 nitrogen and oxygen atoms in total. The molecule has 0 spiro atoms. The van der Waals surface area contributed by atoms with Crippen molar-refractivity contribution in [3.05, 3.63) is 0 Å². The Morgan fingerprint density at radius 3 is 1.17 bits per heavy atom. The number of esters is 4. The number of ether oxygens (including phenoxy) is 4. The molecule has 0 unspecified atom stereocenters. The monoisotopic (exact) mass is 692 g/mol. The van der Waals surface area contributed by atoms with Crippen molar-refractivity contribution in [3.63, 3.8) is 0 Å². The molecule has 0 saturated carbocycles. The van der Waals surface area contributed by atoms with E-state index in [9.17, 15) is 19.2 Å². The summed E-state index contributed by atoms with van der Waals surface area (Å²) in [6.45, 7) is 41.6. The maximum absolute atomic E-state index is 13.0. The van der Waals surface area contributed by atoms with Gasteiger partial charge in [0.05, 0.1) is 40.0 Å². The van der Waals surface area contributed by atoms with Gasteiger partial charge in [-0.05, 0) is 102 Å². The number of carbonyl (C=O) groups excluding carboxylic acids is 4. The third-order valence-electron chi connectivity index (χ3n) is 13.5. The summed E-state index contributed by atoms with van der Waals surface area (Å²) in [5.74, 6) is -1.65. The molecule has 0 atom stereocenters. The van der Waals surface area contributed by atoms with Crippen LogP contribution in [0.4, 0.5) is 0 Å².